The molecule has 0 heterocycles. The molecule has 20 heavy (non-hydrogen) atoms. The average molecular weight is 281 g/mol. The highest BCUT2D eigenvalue weighted by Crippen LogP contribution is 2.38. The number of carboxylic acid groups (broad SMARTS) is 1. The van der Waals surface area contributed by atoms with Crippen LogP contribution in [-0.2, 0) is 4.79 Å². The van der Waals surface area contributed by atoms with Crippen molar-refractivity contribution in [1.82, 2.24) is 4.90 Å². The number of carbonyl (C=O) groups is 1. The molecule has 2 atom stereocenters. The molecule has 2 rings (SSSR count). The smallest absolute Gasteiger partial charge is 0.308 e. The molecule has 0 aliphatic heterocycles. The monoisotopic (exact) mass is 281 g/mol. The lowest BCUT2D eigenvalue weighted by Gasteiger charge is -2.43. The molecule has 0 aromatic carbocycles. The van der Waals surface area contributed by atoms with Gasteiger partial charge in [0.25, 0.3) is 0 Å². The Balaban J connectivity index is 2.01. The fourth-order valence-electron chi connectivity index (χ4n) is 4.13. The van der Waals surface area contributed by atoms with Gasteiger partial charge < -0.3 is 5.11 Å². The number of hydrogen-bond acceptors (Lipinski definition) is 2. The lowest BCUT2D eigenvalue weighted by molar-refractivity contribution is -0.145. The highest BCUT2D eigenvalue weighted by Gasteiger charge is 2.37. The summed E-state index contributed by atoms with van der Waals surface area (Å²) in [5, 5.41) is 9.54. The molecule has 2 unspecified atom stereocenters. The molecule has 0 radical (unpaired) electrons. The Morgan fingerprint density at radius 2 is 1.65 bits per heavy atom. The van der Waals surface area contributed by atoms with Gasteiger partial charge in [-0.05, 0) is 51.0 Å². The van der Waals surface area contributed by atoms with Gasteiger partial charge in [-0.25, -0.2) is 0 Å². The third-order valence-corrected chi connectivity index (χ3v) is 5.70. The zero-order valence-electron chi connectivity index (χ0n) is 13.4. The summed E-state index contributed by atoms with van der Waals surface area (Å²) in [5.41, 5.74) is 0.479. The van der Waals surface area contributed by atoms with Crippen molar-refractivity contribution < 1.29 is 9.90 Å². The Kier molecular flexibility index (Phi) is 5.11. The molecule has 116 valence electrons. The first kappa shape index (κ1) is 15.8. The summed E-state index contributed by atoms with van der Waals surface area (Å²) in [6.45, 7) is 4.71. The van der Waals surface area contributed by atoms with Crippen LogP contribution in [0.1, 0.15) is 71.6 Å². The topological polar surface area (TPSA) is 40.5 Å². The highest BCUT2D eigenvalue weighted by molar-refractivity contribution is 5.70. The molecule has 2 fully saturated rings. The van der Waals surface area contributed by atoms with Crippen molar-refractivity contribution in [2.45, 2.75) is 83.7 Å². The number of carboxylic acids is 1. The molecule has 0 amide bonds. The van der Waals surface area contributed by atoms with E-state index in [1.54, 1.807) is 0 Å². The molecule has 0 aromatic rings. The Bertz CT molecular complexity index is 330. The summed E-state index contributed by atoms with van der Waals surface area (Å²) >= 11 is 0. The van der Waals surface area contributed by atoms with Gasteiger partial charge in [0, 0.05) is 12.1 Å². The van der Waals surface area contributed by atoms with E-state index in [0.29, 0.717) is 11.5 Å². The Labute approximate surface area is 123 Å². The van der Waals surface area contributed by atoms with Crippen molar-refractivity contribution in [1.29, 1.82) is 0 Å². The molecule has 3 nitrogen and oxygen atoms in total. The van der Waals surface area contributed by atoms with Crippen LogP contribution in [0.15, 0.2) is 0 Å². The lowest BCUT2D eigenvalue weighted by atomic mass is 9.75. The van der Waals surface area contributed by atoms with Gasteiger partial charge in [-0.2, -0.15) is 0 Å². The van der Waals surface area contributed by atoms with Gasteiger partial charge in [0.05, 0.1) is 5.92 Å². The van der Waals surface area contributed by atoms with Crippen LogP contribution in [0.5, 0.6) is 0 Å². The second-order valence-electron chi connectivity index (χ2n) is 7.71. The van der Waals surface area contributed by atoms with Crippen LogP contribution in [0.2, 0.25) is 0 Å². The summed E-state index contributed by atoms with van der Waals surface area (Å²) in [7, 11) is 2.18. The summed E-state index contributed by atoms with van der Waals surface area (Å²) < 4.78 is 0. The van der Waals surface area contributed by atoms with E-state index >= 15 is 0 Å². The van der Waals surface area contributed by atoms with Gasteiger partial charge >= 0.3 is 5.97 Å². The maximum atomic E-state index is 11.6. The number of nitrogens with zero attached hydrogens (tertiary/aromatic N) is 1. The predicted octanol–water partition coefficient (Wildman–Crippen LogP) is 3.92. The Hall–Kier alpha value is -0.570. The molecular weight excluding hydrogens is 250 g/mol. The molecule has 0 aromatic heterocycles. The minimum atomic E-state index is -0.583. The number of hydrogen-bond donors (Lipinski definition) is 1. The van der Waals surface area contributed by atoms with Crippen molar-refractivity contribution >= 4 is 5.97 Å². The molecule has 0 spiro atoms. The van der Waals surface area contributed by atoms with Crippen LogP contribution in [0.4, 0.5) is 0 Å². The van der Waals surface area contributed by atoms with E-state index in [0.717, 1.165) is 19.3 Å². The molecular formula is C17H31NO2. The van der Waals surface area contributed by atoms with E-state index in [9.17, 15) is 9.90 Å². The summed E-state index contributed by atoms with van der Waals surface area (Å²) in [5.74, 6) is -0.739. The zero-order chi connectivity index (χ0) is 14.8. The summed E-state index contributed by atoms with van der Waals surface area (Å²) in [4.78, 5) is 14.0. The van der Waals surface area contributed by atoms with Gasteiger partial charge in [0.1, 0.15) is 0 Å². The molecule has 1 N–H and O–H groups in total. The van der Waals surface area contributed by atoms with Crippen molar-refractivity contribution in [3.8, 4) is 0 Å². The van der Waals surface area contributed by atoms with Gasteiger partial charge in [-0.15, -0.1) is 0 Å². The van der Waals surface area contributed by atoms with E-state index in [4.69, 9.17) is 0 Å². The van der Waals surface area contributed by atoms with Gasteiger partial charge in [-0.1, -0.05) is 33.1 Å². The van der Waals surface area contributed by atoms with Gasteiger partial charge in [-0.3, -0.25) is 9.69 Å². The zero-order valence-corrected chi connectivity index (χ0v) is 13.4. The van der Waals surface area contributed by atoms with E-state index in [1.165, 1.54) is 38.5 Å². The SMILES string of the molecule is CN(C1CCC(C)(C)CC1)C1CCCCCC1C(=O)O. The van der Waals surface area contributed by atoms with Gasteiger partial charge in [0.2, 0.25) is 0 Å². The first-order chi connectivity index (χ1) is 9.41. The molecule has 3 heteroatoms. The first-order valence-electron chi connectivity index (χ1n) is 8.35. The fourth-order valence-corrected chi connectivity index (χ4v) is 4.13. The highest BCUT2D eigenvalue weighted by atomic mass is 16.4. The van der Waals surface area contributed by atoms with Crippen LogP contribution < -0.4 is 0 Å². The number of rotatable bonds is 3. The Morgan fingerprint density at radius 1 is 1.05 bits per heavy atom. The van der Waals surface area contributed by atoms with Crippen molar-refractivity contribution in [2.24, 2.45) is 11.3 Å². The molecule has 0 saturated heterocycles. The first-order valence-corrected chi connectivity index (χ1v) is 8.35. The minimum absolute atomic E-state index is 0.155. The molecule has 2 aliphatic carbocycles. The van der Waals surface area contributed by atoms with E-state index in [1.807, 2.05) is 0 Å². The predicted molar refractivity (Wildman–Crippen MR) is 81.8 cm³/mol. The normalized spacial score (nSPS) is 32.0. The molecule has 2 saturated carbocycles. The largest absolute Gasteiger partial charge is 0.481 e. The third-order valence-electron chi connectivity index (χ3n) is 5.70. The van der Waals surface area contributed by atoms with Crippen LogP contribution in [-0.4, -0.2) is 35.1 Å². The standard InChI is InChI=1S/C17H31NO2/c1-17(2)11-9-13(10-12-17)18(3)15-8-6-4-5-7-14(15)16(19)20/h13-15H,4-12H2,1-3H3,(H,19,20). The van der Waals surface area contributed by atoms with Crippen LogP contribution >= 0.6 is 0 Å². The van der Waals surface area contributed by atoms with E-state index in [-0.39, 0.29) is 12.0 Å². The summed E-state index contributed by atoms with van der Waals surface area (Å²) in [6, 6.07) is 0.842. The third kappa shape index (κ3) is 3.75. The van der Waals surface area contributed by atoms with Crippen LogP contribution in [0.3, 0.4) is 0 Å². The quantitative estimate of drug-likeness (QED) is 0.797. The van der Waals surface area contributed by atoms with Crippen LogP contribution in [0, 0.1) is 11.3 Å². The van der Waals surface area contributed by atoms with Crippen LogP contribution in [0.25, 0.3) is 0 Å². The Morgan fingerprint density at radius 3 is 2.25 bits per heavy atom. The van der Waals surface area contributed by atoms with Crippen molar-refractivity contribution in [2.75, 3.05) is 7.05 Å². The molecule has 0 bridgehead atoms. The van der Waals surface area contributed by atoms with Gasteiger partial charge in [0.15, 0.2) is 0 Å². The van der Waals surface area contributed by atoms with E-state index < -0.39 is 5.97 Å². The maximum absolute atomic E-state index is 11.6. The molecule has 2 aliphatic rings. The van der Waals surface area contributed by atoms with E-state index in [2.05, 4.69) is 25.8 Å². The fraction of sp³-hybridized carbons (Fsp3) is 0.941. The number of aliphatic carboxylic acids is 1. The lowest BCUT2D eigenvalue weighted by Crippen LogP contribution is -2.48. The van der Waals surface area contributed by atoms with Crippen molar-refractivity contribution in [3.63, 3.8) is 0 Å². The minimum Gasteiger partial charge on any atom is -0.481 e. The maximum Gasteiger partial charge on any atom is 0.308 e. The second-order valence-corrected chi connectivity index (χ2v) is 7.71. The second kappa shape index (κ2) is 6.46. The van der Waals surface area contributed by atoms with Crippen molar-refractivity contribution in [3.05, 3.63) is 0 Å². The average Bonchev–Trinajstić information content (AvgIpc) is 2.63. The summed E-state index contributed by atoms with van der Waals surface area (Å²) in [6.07, 6.45) is 10.4.